The van der Waals surface area contributed by atoms with E-state index in [1.165, 1.54) is 39.9 Å². The highest BCUT2D eigenvalue weighted by atomic mass is 32.2. The van der Waals surface area contributed by atoms with E-state index in [1.54, 1.807) is 29.0 Å². The first-order chi connectivity index (χ1) is 15.8. The molecule has 0 unspecified atom stereocenters. The van der Waals surface area contributed by atoms with Crippen LogP contribution in [0.15, 0.2) is 11.4 Å². The van der Waals surface area contributed by atoms with Crippen LogP contribution in [0.4, 0.5) is 5.00 Å². The molecule has 0 radical (unpaired) electrons. The maximum absolute atomic E-state index is 12.9. The molecule has 1 amide bonds. The molecule has 0 fully saturated rings. The molecule has 3 heterocycles. The van der Waals surface area contributed by atoms with Crippen molar-refractivity contribution in [2.24, 2.45) is 11.3 Å². The Labute approximate surface area is 207 Å². The molecule has 3 aromatic heterocycles. The lowest BCUT2D eigenvalue weighted by atomic mass is 9.72. The van der Waals surface area contributed by atoms with Crippen LogP contribution in [0.25, 0.3) is 10.2 Å². The molecule has 8 heteroatoms. The van der Waals surface area contributed by atoms with Crippen LogP contribution >= 0.6 is 34.4 Å². The number of fused-ring (bicyclic) bond motifs is 4. The van der Waals surface area contributed by atoms with Gasteiger partial charge in [-0.25, -0.2) is 9.97 Å². The summed E-state index contributed by atoms with van der Waals surface area (Å²) in [7, 11) is 0. The molecule has 0 spiro atoms. The van der Waals surface area contributed by atoms with E-state index < -0.39 is 0 Å². The quantitative estimate of drug-likeness (QED) is 0.335. The lowest BCUT2D eigenvalue weighted by Crippen LogP contribution is -2.26. The third-order valence-corrected chi connectivity index (χ3v) is 10.3. The summed E-state index contributed by atoms with van der Waals surface area (Å²) in [6.07, 6.45) is 9.25. The molecule has 5 nitrogen and oxygen atoms in total. The molecule has 2 aliphatic rings. The normalized spacial score (nSPS) is 17.9. The van der Waals surface area contributed by atoms with E-state index in [1.807, 2.05) is 0 Å². The van der Waals surface area contributed by atoms with Crippen LogP contribution in [0.3, 0.4) is 0 Å². The molecule has 0 saturated heterocycles. The van der Waals surface area contributed by atoms with Crippen molar-refractivity contribution in [3.05, 3.63) is 32.8 Å². The Kier molecular flexibility index (Phi) is 6.23. The van der Waals surface area contributed by atoms with Gasteiger partial charge >= 0.3 is 0 Å². The van der Waals surface area contributed by atoms with E-state index in [2.05, 4.69) is 42.1 Å². The highest BCUT2D eigenvalue weighted by molar-refractivity contribution is 8.00. The summed E-state index contributed by atoms with van der Waals surface area (Å²) in [6, 6.07) is 2.36. The molecule has 1 N–H and O–H groups in total. The Hall–Kier alpha value is -1.95. The molecule has 5 rings (SSSR count). The highest BCUT2D eigenvalue weighted by Gasteiger charge is 2.32. The molecule has 2 aliphatic carbocycles. The molecule has 172 valence electrons. The van der Waals surface area contributed by atoms with Crippen molar-refractivity contribution in [2.75, 3.05) is 11.1 Å². The molecule has 0 saturated carbocycles. The Morgan fingerprint density at radius 3 is 2.79 bits per heavy atom. The van der Waals surface area contributed by atoms with E-state index in [0.29, 0.717) is 16.5 Å². The summed E-state index contributed by atoms with van der Waals surface area (Å²) >= 11 is 4.84. The van der Waals surface area contributed by atoms with Crippen molar-refractivity contribution in [1.82, 2.24) is 9.97 Å². The minimum atomic E-state index is -0.0849. The number of rotatable bonds is 4. The zero-order valence-electron chi connectivity index (χ0n) is 19.3. The fraction of sp³-hybridized carbons (Fsp3) is 0.520. The topological polar surface area (TPSA) is 78.7 Å². The van der Waals surface area contributed by atoms with Crippen molar-refractivity contribution in [2.45, 2.75) is 70.7 Å². The van der Waals surface area contributed by atoms with Crippen LogP contribution in [0.5, 0.6) is 0 Å². The SMILES string of the molecule is CC(C)(C)[C@@H]1CCc2c(sc(NC(=O)CSc3ncnc4sc5c(c34)CCCC5)c2C#N)C1. The number of nitriles is 1. The van der Waals surface area contributed by atoms with Gasteiger partial charge in [0, 0.05) is 15.1 Å². The number of anilines is 1. The third kappa shape index (κ3) is 4.43. The molecular formula is C25H28N4OS3. The fourth-order valence-corrected chi connectivity index (χ4v) is 8.41. The first-order valence-corrected chi connectivity index (χ1v) is 14.2. The lowest BCUT2D eigenvalue weighted by molar-refractivity contribution is -0.113. The lowest BCUT2D eigenvalue weighted by Gasteiger charge is -2.33. The van der Waals surface area contributed by atoms with Gasteiger partial charge in [0.15, 0.2) is 0 Å². The maximum atomic E-state index is 12.9. The maximum Gasteiger partial charge on any atom is 0.235 e. The number of hydrogen-bond donors (Lipinski definition) is 1. The van der Waals surface area contributed by atoms with E-state index in [9.17, 15) is 10.1 Å². The van der Waals surface area contributed by atoms with Crippen LogP contribution in [-0.4, -0.2) is 21.6 Å². The summed E-state index contributed by atoms with van der Waals surface area (Å²) in [6.45, 7) is 6.86. The molecular weight excluding hydrogens is 469 g/mol. The first-order valence-electron chi connectivity index (χ1n) is 11.6. The number of aromatic nitrogens is 2. The van der Waals surface area contributed by atoms with E-state index in [-0.39, 0.29) is 17.1 Å². The number of thioether (sulfide) groups is 1. The van der Waals surface area contributed by atoms with Gasteiger partial charge in [-0.1, -0.05) is 32.5 Å². The Morgan fingerprint density at radius 2 is 2.00 bits per heavy atom. The van der Waals surface area contributed by atoms with Gasteiger partial charge in [0.1, 0.15) is 27.3 Å². The average Bonchev–Trinajstić information content (AvgIpc) is 3.34. The molecule has 0 aliphatic heterocycles. The summed E-state index contributed by atoms with van der Waals surface area (Å²) in [5.74, 6) is 0.791. The number of aryl methyl sites for hydroxylation is 2. The minimum Gasteiger partial charge on any atom is -0.316 e. The second kappa shape index (κ2) is 9.01. The molecule has 0 bridgehead atoms. The van der Waals surface area contributed by atoms with Gasteiger partial charge in [-0.3, -0.25) is 4.79 Å². The summed E-state index contributed by atoms with van der Waals surface area (Å²) in [5.41, 5.74) is 3.44. The monoisotopic (exact) mass is 496 g/mol. The van der Waals surface area contributed by atoms with Crippen LogP contribution in [0, 0.1) is 22.7 Å². The van der Waals surface area contributed by atoms with Crippen molar-refractivity contribution >= 4 is 55.6 Å². The molecule has 3 aromatic rings. The number of carbonyl (C=O) groups is 1. The van der Waals surface area contributed by atoms with Crippen molar-refractivity contribution in [3.63, 3.8) is 0 Å². The van der Waals surface area contributed by atoms with Gasteiger partial charge in [0.25, 0.3) is 0 Å². The summed E-state index contributed by atoms with van der Waals surface area (Å²) in [5, 5.41) is 15.6. The van der Waals surface area contributed by atoms with Crippen LogP contribution in [0.2, 0.25) is 0 Å². The van der Waals surface area contributed by atoms with Crippen LogP contribution < -0.4 is 5.32 Å². The highest BCUT2D eigenvalue weighted by Crippen LogP contribution is 2.44. The van der Waals surface area contributed by atoms with Gasteiger partial charge in [0.05, 0.1) is 11.3 Å². The molecule has 1 atom stereocenters. The average molecular weight is 497 g/mol. The van der Waals surface area contributed by atoms with Crippen molar-refractivity contribution in [3.8, 4) is 6.07 Å². The van der Waals surface area contributed by atoms with E-state index in [4.69, 9.17) is 0 Å². The fourth-order valence-electron chi connectivity index (χ4n) is 5.00. The van der Waals surface area contributed by atoms with Gasteiger partial charge in [-0.2, -0.15) is 5.26 Å². The zero-order valence-corrected chi connectivity index (χ0v) is 21.7. The Balaban J connectivity index is 1.31. The predicted molar refractivity (Wildman–Crippen MR) is 137 cm³/mol. The van der Waals surface area contributed by atoms with Gasteiger partial charge in [-0.15, -0.1) is 22.7 Å². The second-order valence-electron chi connectivity index (χ2n) is 10.0. The largest absolute Gasteiger partial charge is 0.316 e. The zero-order chi connectivity index (χ0) is 23.2. The first kappa shape index (κ1) is 22.8. The van der Waals surface area contributed by atoms with Crippen molar-refractivity contribution in [1.29, 1.82) is 5.26 Å². The van der Waals surface area contributed by atoms with Gasteiger partial charge in [-0.05, 0) is 67.4 Å². The van der Waals surface area contributed by atoms with Crippen LogP contribution in [-0.2, 0) is 30.5 Å². The van der Waals surface area contributed by atoms with Gasteiger partial charge < -0.3 is 5.32 Å². The number of hydrogen-bond acceptors (Lipinski definition) is 7. The minimum absolute atomic E-state index is 0.0849. The second-order valence-corrected chi connectivity index (χ2v) is 13.2. The van der Waals surface area contributed by atoms with E-state index in [0.717, 1.165) is 52.9 Å². The number of nitrogens with zero attached hydrogens (tertiary/aromatic N) is 3. The number of amides is 1. The molecule has 33 heavy (non-hydrogen) atoms. The molecule has 0 aromatic carbocycles. The standard InChI is InChI=1S/C25H28N4OS3/c1-25(2,3)14-8-9-15-17(11-26)22(33-19(15)10-14)29-20(30)12-31-23-21-16-6-4-5-7-18(16)32-24(21)28-13-27-23/h13-14H,4-10,12H2,1-3H3,(H,29,30)/t14-/m1/s1. The Morgan fingerprint density at radius 1 is 1.18 bits per heavy atom. The summed E-state index contributed by atoms with van der Waals surface area (Å²) < 4.78 is 0. The van der Waals surface area contributed by atoms with Crippen molar-refractivity contribution < 1.29 is 4.79 Å². The predicted octanol–water partition coefficient (Wildman–Crippen LogP) is 6.39. The van der Waals surface area contributed by atoms with Crippen LogP contribution in [0.1, 0.15) is 66.5 Å². The third-order valence-electron chi connectivity index (χ3n) is 6.91. The number of carbonyl (C=O) groups excluding carboxylic acids is 1. The smallest absolute Gasteiger partial charge is 0.235 e. The number of thiophene rings is 2. The van der Waals surface area contributed by atoms with E-state index >= 15 is 0 Å². The number of nitrogens with one attached hydrogen (secondary N) is 1. The summed E-state index contributed by atoms with van der Waals surface area (Å²) in [4.78, 5) is 25.6. The van der Waals surface area contributed by atoms with Gasteiger partial charge in [0.2, 0.25) is 5.91 Å². The Bertz CT molecular complexity index is 1260.